The number of rotatable bonds is 6. The number of Topliss-reactive ketones (excluding diaryl/α,β-unsaturated/α-hetero) is 1. The molecule has 8 nitrogen and oxygen atoms in total. The van der Waals surface area contributed by atoms with Gasteiger partial charge >= 0.3 is 12.1 Å². The maximum Gasteiger partial charge on any atom is 0.410 e. The zero-order valence-corrected chi connectivity index (χ0v) is 17.6. The predicted octanol–water partition coefficient (Wildman–Crippen LogP) is 2.49. The molecule has 0 N–H and O–H groups in total. The SMILES string of the molecule is O=C(C(=O)N1CCC(N2C(=O)OCC2C(=O)OCc2ccccc2)CC1)c1cccs1. The van der Waals surface area contributed by atoms with E-state index in [0.29, 0.717) is 30.8 Å². The highest BCUT2D eigenvalue weighted by molar-refractivity contribution is 7.13. The molecule has 0 radical (unpaired) electrons. The third-order valence-corrected chi connectivity index (χ3v) is 6.36. The Hall–Kier alpha value is -3.20. The van der Waals surface area contributed by atoms with E-state index in [1.54, 1.807) is 17.5 Å². The molecule has 0 saturated carbocycles. The van der Waals surface area contributed by atoms with Gasteiger partial charge in [0.05, 0.1) is 4.88 Å². The summed E-state index contributed by atoms with van der Waals surface area (Å²) in [5, 5.41) is 1.75. The second-order valence-corrected chi connectivity index (χ2v) is 8.37. The van der Waals surface area contributed by atoms with Crippen LogP contribution >= 0.6 is 11.3 Å². The average molecular weight is 442 g/mol. The molecule has 2 fully saturated rings. The van der Waals surface area contributed by atoms with Crippen LogP contribution in [-0.2, 0) is 25.7 Å². The van der Waals surface area contributed by atoms with Gasteiger partial charge in [0, 0.05) is 19.1 Å². The van der Waals surface area contributed by atoms with Crippen molar-refractivity contribution in [3.63, 3.8) is 0 Å². The van der Waals surface area contributed by atoms with Gasteiger partial charge in [0.25, 0.3) is 11.7 Å². The lowest BCUT2D eigenvalue weighted by atomic mass is 10.0. The molecule has 2 aliphatic rings. The van der Waals surface area contributed by atoms with E-state index >= 15 is 0 Å². The summed E-state index contributed by atoms with van der Waals surface area (Å²) in [7, 11) is 0. The van der Waals surface area contributed by atoms with Gasteiger partial charge in [-0.2, -0.15) is 0 Å². The molecule has 9 heteroatoms. The van der Waals surface area contributed by atoms with Crippen molar-refractivity contribution in [1.82, 2.24) is 9.80 Å². The number of benzene rings is 1. The lowest BCUT2D eigenvalue weighted by Crippen LogP contribution is -2.52. The maximum atomic E-state index is 12.6. The lowest BCUT2D eigenvalue weighted by molar-refractivity contribution is -0.150. The van der Waals surface area contributed by atoms with Crippen molar-refractivity contribution in [1.29, 1.82) is 0 Å². The molecule has 2 saturated heterocycles. The Morgan fingerprint density at radius 3 is 2.48 bits per heavy atom. The molecule has 1 aromatic heterocycles. The summed E-state index contributed by atoms with van der Waals surface area (Å²) in [6.45, 7) is 0.727. The van der Waals surface area contributed by atoms with Crippen LogP contribution in [0.3, 0.4) is 0 Å². The van der Waals surface area contributed by atoms with Gasteiger partial charge in [0.1, 0.15) is 13.2 Å². The number of ketones is 1. The first-order valence-corrected chi connectivity index (χ1v) is 11.0. The molecule has 0 aliphatic carbocycles. The monoisotopic (exact) mass is 442 g/mol. The van der Waals surface area contributed by atoms with E-state index < -0.39 is 29.8 Å². The molecule has 1 unspecified atom stereocenters. The van der Waals surface area contributed by atoms with Gasteiger partial charge in [0.2, 0.25) is 0 Å². The fourth-order valence-corrected chi connectivity index (χ4v) is 4.50. The van der Waals surface area contributed by atoms with E-state index in [-0.39, 0.29) is 19.3 Å². The number of likely N-dealkylation sites (tertiary alicyclic amines) is 1. The summed E-state index contributed by atoms with van der Waals surface area (Å²) in [5.41, 5.74) is 0.856. The lowest BCUT2D eigenvalue weighted by Gasteiger charge is -2.36. The molecule has 0 spiro atoms. The fourth-order valence-electron chi connectivity index (χ4n) is 3.85. The van der Waals surface area contributed by atoms with Crippen molar-refractivity contribution in [2.45, 2.75) is 31.5 Å². The van der Waals surface area contributed by atoms with E-state index in [1.807, 2.05) is 30.3 Å². The minimum absolute atomic E-state index is 0.0531. The molecular formula is C22H22N2O6S. The van der Waals surface area contributed by atoms with E-state index in [1.165, 1.54) is 21.1 Å². The molecule has 2 aromatic rings. The minimum Gasteiger partial charge on any atom is -0.459 e. The minimum atomic E-state index is -0.809. The molecule has 4 rings (SSSR count). The topological polar surface area (TPSA) is 93.2 Å². The standard InChI is InChI=1S/C22H22N2O6S/c25-19(18-7-4-12-31-18)20(26)23-10-8-16(9-11-23)24-17(14-30-22(24)28)21(27)29-13-15-5-2-1-3-6-15/h1-7,12,16-17H,8-11,13-14H2. The first-order valence-electron chi connectivity index (χ1n) is 10.1. The second-order valence-electron chi connectivity index (χ2n) is 7.42. The van der Waals surface area contributed by atoms with Crippen LogP contribution in [-0.4, -0.2) is 65.3 Å². The Morgan fingerprint density at radius 1 is 1.06 bits per heavy atom. The van der Waals surface area contributed by atoms with Crippen molar-refractivity contribution in [2.24, 2.45) is 0 Å². The van der Waals surface area contributed by atoms with Gasteiger partial charge in [0.15, 0.2) is 6.04 Å². The van der Waals surface area contributed by atoms with E-state index in [9.17, 15) is 19.2 Å². The van der Waals surface area contributed by atoms with Crippen LogP contribution in [0.1, 0.15) is 28.1 Å². The number of hydrogen-bond donors (Lipinski definition) is 0. The number of esters is 1. The van der Waals surface area contributed by atoms with Crippen LogP contribution < -0.4 is 0 Å². The van der Waals surface area contributed by atoms with Crippen molar-refractivity contribution >= 4 is 35.1 Å². The van der Waals surface area contributed by atoms with Gasteiger partial charge in [-0.25, -0.2) is 9.59 Å². The van der Waals surface area contributed by atoms with Crippen LogP contribution in [0.15, 0.2) is 47.8 Å². The Labute approximate surface area is 183 Å². The van der Waals surface area contributed by atoms with E-state index in [0.717, 1.165) is 5.56 Å². The van der Waals surface area contributed by atoms with Gasteiger partial charge in [-0.3, -0.25) is 14.5 Å². The summed E-state index contributed by atoms with van der Waals surface area (Å²) in [4.78, 5) is 53.0. The number of amides is 2. The Bertz CT molecular complexity index is 954. The molecule has 1 atom stereocenters. The first kappa shape index (κ1) is 21.0. The summed E-state index contributed by atoms with van der Waals surface area (Å²) >= 11 is 1.23. The number of ether oxygens (including phenoxy) is 2. The number of piperidine rings is 1. The van der Waals surface area contributed by atoms with Crippen LogP contribution in [0.5, 0.6) is 0 Å². The summed E-state index contributed by atoms with van der Waals surface area (Å²) in [5.74, 6) is -1.57. The fraction of sp³-hybridized carbons (Fsp3) is 0.364. The number of carbonyl (C=O) groups excluding carboxylic acids is 4. The third kappa shape index (κ3) is 4.61. The van der Waals surface area contributed by atoms with E-state index in [2.05, 4.69) is 0 Å². The number of thiophene rings is 1. The average Bonchev–Trinajstić information content (AvgIpc) is 3.47. The van der Waals surface area contributed by atoms with Gasteiger partial charge in [-0.15, -0.1) is 11.3 Å². The summed E-state index contributed by atoms with van der Waals surface area (Å²) < 4.78 is 10.5. The Kier molecular flexibility index (Phi) is 6.31. The van der Waals surface area contributed by atoms with Crippen molar-refractivity contribution in [3.8, 4) is 0 Å². The molecule has 1 aromatic carbocycles. The highest BCUT2D eigenvalue weighted by atomic mass is 32.1. The van der Waals surface area contributed by atoms with Gasteiger partial charge in [-0.1, -0.05) is 36.4 Å². The van der Waals surface area contributed by atoms with Crippen LogP contribution in [0.4, 0.5) is 4.79 Å². The van der Waals surface area contributed by atoms with Gasteiger partial charge < -0.3 is 14.4 Å². The summed E-state index contributed by atoms with van der Waals surface area (Å²) in [6, 6.07) is 11.6. The number of hydrogen-bond acceptors (Lipinski definition) is 7. The molecule has 2 aliphatic heterocycles. The molecule has 3 heterocycles. The molecule has 162 valence electrons. The number of carbonyl (C=O) groups is 4. The van der Waals surface area contributed by atoms with Crippen molar-refractivity contribution < 1.29 is 28.7 Å². The Morgan fingerprint density at radius 2 is 1.81 bits per heavy atom. The van der Waals surface area contributed by atoms with Crippen LogP contribution in [0, 0.1) is 0 Å². The highest BCUT2D eigenvalue weighted by Gasteiger charge is 2.44. The predicted molar refractivity (Wildman–Crippen MR) is 111 cm³/mol. The van der Waals surface area contributed by atoms with Crippen LogP contribution in [0.2, 0.25) is 0 Å². The quantitative estimate of drug-likeness (QED) is 0.388. The first-order chi connectivity index (χ1) is 15.0. The third-order valence-electron chi connectivity index (χ3n) is 5.49. The highest BCUT2D eigenvalue weighted by Crippen LogP contribution is 2.25. The number of nitrogens with zero attached hydrogens (tertiary/aromatic N) is 2. The zero-order valence-electron chi connectivity index (χ0n) is 16.8. The normalized spacial score (nSPS) is 19.2. The number of cyclic esters (lactones) is 1. The van der Waals surface area contributed by atoms with Crippen molar-refractivity contribution in [3.05, 3.63) is 58.3 Å². The Balaban J connectivity index is 1.34. The second kappa shape index (κ2) is 9.30. The van der Waals surface area contributed by atoms with E-state index in [4.69, 9.17) is 9.47 Å². The molecule has 2 amide bonds. The smallest absolute Gasteiger partial charge is 0.410 e. The zero-order chi connectivity index (χ0) is 21.8. The molecule has 0 bridgehead atoms. The summed E-state index contributed by atoms with van der Waals surface area (Å²) in [6.07, 6.45) is 0.364. The maximum absolute atomic E-state index is 12.6. The molecule has 31 heavy (non-hydrogen) atoms. The molecular weight excluding hydrogens is 420 g/mol. The largest absolute Gasteiger partial charge is 0.459 e. The van der Waals surface area contributed by atoms with Crippen LogP contribution in [0.25, 0.3) is 0 Å². The van der Waals surface area contributed by atoms with Gasteiger partial charge in [-0.05, 0) is 29.9 Å². The van der Waals surface area contributed by atoms with Crippen molar-refractivity contribution in [2.75, 3.05) is 19.7 Å².